The summed E-state index contributed by atoms with van der Waals surface area (Å²) in [6.45, 7) is 0.453. The highest BCUT2D eigenvalue weighted by molar-refractivity contribution is 5.80. The van der Waals surface area contributed by atoms with Crippen LogP contribution >= 0.6 is 0 Å². The van der Waals surface area contributed by atoms with Crippen LogP contribution < -0.4 is 15.3 Å². The summed E-state index contributed by atoms with van der Waals surface area (Å²) in [5.41, 5.74) is 4.76. The normalized spacial score (nSPS) is 13.3. The summed E-state index contributed by atoms with van der Waals surface area (Å²) in [5, 5.41) is 3.55. The van der Waals surface area contributed by atoms with E-state index in [1.54, 1.807) is 13.3 Å². The minimum absolute atomic E-state index is 0.453. The average molecular weight is 296 g/mol. The predicted molar refractivity (Wildman–Crippen MR) is 87.6 cm³/mol. The van der Waals surface area contributed by atoms with E-state index in [-0.39, 0.29) is 0 Å². The molecule has 0 radical (unpaired) electrons. The van der Waals surface area contributed by atoms with Gasteiger partial charge in [-0.3, -0.25) is 0 Å². The van der Waals surface area contributed by atoms with Crippen molar-refractivity contribution in [2.45, 2.75) is 25.9 Å². The molecule has 114 valence electrons. The van der Waals surface area contributed by atoms with E-state index >= 15 is 0 Å². The van der Waals surface area contributed by atoms with Crippen molar-refractivity contribution in [1.29, 1.82) is 0 Å². The topological polar surface area (TPSA) is 56.8 Å². The van der Waals surface area contributed by atoms with Crippen LogP contribution in [0.4, 0.5) is 0 Å². The van der Waals surface area contributed by atoms with E-state index in [2.05, 4.69) is 17.2 Å². The third-order valence-electron chi connectivity index (χ3n) is 3.99. The highest BCUT2D eigenvalue weighted by atomic mass is 16.5. The number of fused-ring (bicyclic) bond motifs is 1. The highest BCUT2D eigenvalue weighted by Gasteiger charge is 2.12. The van der Waals surface area contributed by atoms with Crippen LogP contribution in [-0.4, -0.2) is 13.3 Å². The quantitative estimate of drug-likeness (QED) is 0.524. The van der Waals surface area contributed by atoms with Gasteiger partial charge >= 0.3 is 0 Å². The molecule has 1 aliphatic rings. The number of aryl methyl sites for hydroxylation is 2. The monoisotopic (exact) mass is 296 g/mol. The Bertz CT molecular complexity index is 695. The van der Waals surface area contributed by atoms with Crippen LogP contribution in [0.1, 0.15) is 28.7 Å². The maximum atomic E-state index is 5.94. The zero-order valence-electron chi connectivity index (χ0n) is 12.7. The predicted octanol–water partition coefficient (Wildman–Crippen LogP) is 3.06. The first kappa shape index (κ1) is 14.4. The van der Waals surface area contributed by atoms with Crippen LogP contribution in [0.25, 0.3) is 0 Å². The van der Waals surface area contributed by atoms with Gasteiger partial charge in [0.1, 0.15) is 18.1 Å². The molecule has 22 heavy (non-hydrogen) atoms. The van der Waals surface area contributed by atoms with Gasteiger partial charge in [0, 0.05) is 5.56 Å². The molecule has 0 aromatic heterocycles. The van der Waals surface area contributed by atoms with Gasteiger partial charge < -0.3 is 15.3 Å². The van der Waals surface area contributed by atoms with E-state index in [4.69, 9.17) is 15.3 Å². The second kappa shape index (κ2) is 6.52. The van der Waals surface area contributed by atoms with Crippen LogP contribution in [0.15, 0.2) is 41.5 Å². The molecule has 3 rings (SSSR count). The van der Waals surface area contributed by atoms with Gasteiger partial charge in [-0.25, -0.2) is 0 Å². The maximum Gasteiger partial charge on any atom is 0.125 e. The Balaban J connectivity index is 1.76. The van der Waals surface area contributed by atoms with Crippen molar-refractivity contribution >= 4 is 6.21 Å². The van der Waals surface area contributed by atoms with Crippen LogP contribution in [0.5, 0.6) is 11.5 Å². The molecular weight excluding hydrogens is 276 g/mol. The lowest BCUT2D eigenvalue weighted by molar-refractivity contribution is 0.296. The van der Waals surface area contributed by atoms with Crippen LogP contribution in [0.2, 0.25) is 0 Å². The number of hydrogen-bond donors (Lipinski definition) is 1. The second-order valence-electron chi connectivity index (χ2n) is 5.42. The van der Waals surface area contributed by atoms with Gasteiger partial charge in [0.2, 0.25) is 0 Å². The number of methoxy groups -OCH3 is 1. The molecule has 2 N–H and O–H groups in total. The lowest BCUT2D eigenvalue weighted by Crippen LogP contribution is -2.01. The van der Waals surface area contributed by atoms with Crippen molar-refractivity contribution in [2.75, 3.05) is 7.11 Å². The van der Waals surface area contributed by atoms with Gasteiger partial charge in [-0.15, -0.1) is 0 Å². The maximum absolute atomic E-state index is 5.94. The van der Waals surface area contributed by atoms with Gasteiger partial charge in [0.15, 0.2) is 0 Å². The minimum atomic E-state index is 0.453. The van der Waals surface area contributed by atoms with Gasteiger partial charge in [-0.05, 0) is 66.3 Å². The molecule has 0 fully saturated rings. The van der Waals surface area contributed by atoms with Crippen LogP contribution in [-0.2, 0) is 19.4 Å². The molecule has 0 spiro atoms. The van der Waals surface area contributed by atoms with Gasteiger partial charge in [-0.1, -0.05) is 6.07 Å². The smallest absolute Gasteiger partial charge is 0.125 e. The number of rotatable bonds is 5. The van der Waals surface area contributed by atoms with E-state index in [0.717, 1.165) is 29.0 Å². The van der Waals surface area contributed by atoms with E-state index < -0.39 is 0 Å². The second-order valence-corrected chi connectivity index (χ2v) is 5.42. The molecular formula is C18H20N2O2. The molecule has 4 nitrogen and oxygen atoms in total. The summed E-state index contributed by atoms with van der Waals surface area (Å²) in [4.78, 5) is 0. The minimum Gasteiger partial charge on any atom is -0.496 e. The Hall–Kier alpha value is -2.49. The average Bonchev–Trinajstić information content (AvgIpc) is 3.01. The molecule has 0 saturated carbocycles. The Morgan fingerprint density at radius 1 is 1.14 bits per heavy atom. The first-order valence-corrected chi connectivity index (χ1v) is 7.45. The van der Waals surface area contributed by atoms with Crippen LogP contribution in [0.3, 0.4) is 0 Å². The fourth-order valence-corrected chi connectivity index (χ4v) is 2.88. The molecule has 0 aliphatic heterocycles. The first-order chi connectivity index (χ1) is 10.8. The van der Waals surface area contributed by atoms with Crippen molar-refractivity contribution < 1.29 is 9.47 Å². The Morgan fingerprint density at radius 3 is 2.82 bits per heavy atom. The largest absolute Gasteiger partial charge is 0.496 e. The highest BCUT2D eigenvalue weighted by Crippen LogP contribution is 2.27. The Kier molecular flexibility index (Phi) is 4.28. The summed E-state index contributed by atoms with van der Waals surface area (Å²) in [6, 6.07) is 12.2. The van der Waals surface area contributed by atoms with Crippen molar-refractivity contribution in [3.05, 3.63) is 58.7 Å². The number of nitrogens with two attached hydrogens (primary N) is 1. The van der Waals surface area contributed by atoms with Gasteiger partial charge in [-0.2, -0.15) is 5.10 Å². The standard InChI is InChI=1S/C18H20N2O2/c1-21-18-8-5-13(11-20-19)9-16(18)12-22-17-7-6-14-3-2-4-15(14)10-17/h5-11H,2-4,12,19H2,1H3. The summed E-state index contributed by atoms with van der Waals surface area (Å²) in [6.07, 6.45) is 5.19. The Morgan fingerprint density at radius 2 is 2.00 bits per heavy atom. The zero-order valence-corrected chi connectivity index (χ0v) is 12.7. The molecule has 4 heteroatoms. The molecule has 2 aromatic carbocycles. The molecule has 0 saturated heterocycles. The summed E-state index contributed by atoms with van der Waals surface area (Å²) < 4.78 is 11.3. The number of ether oxygens (including phenoxy) is 2. The van der Waals surface area contributed by atoms with E-state index in [0.29, 0.717) is 6.61 Å². The molecule has 2 aromatic rings. The fourth-order valence-electron chi connectivity index (χ4n) is 2.88. The zero-order chi connectivity index (χ0) is 15.4. The SMILES string of the molecule is COc1ccc(C=NN)cc1COc1ccc2c(c1)CCC2. The van der Waals surface area contributed by atoms with E-state index in [1.165, 1.54) is 24.0 Å². The number of hydrazone groups is 1. The third kappa shape index (κ3) is 3.06. The molecule has 0 bridgehead atoms. The number of nitrogens with zero attached hydrogens (tertiary/aromatic N) is 1. The van der Waals surface area contributed by atoms with Crippen molar-refractivity contribution in [3.63, 3.8) is 0 Å². The summed E-state index contributed by atoms with van der Waals surface area (Å²) in [5.74, 6) is 6.91. The fraction of sp³-hybridized carbons (Fsp3) is 0.278. The van der Waals surface area contributed by atoms with Crippen LogP contribution in [0, 0.1) is 0 Å². The van der Waals surface area contributed by atoms with Gasteiger partial charge in [0.25, 0.3) is 0 Å². The van der Waals surface area contributed by atoms with Crippen molar-refractivity contribution in [2.24, 2.45) is 10.9 Å². The summed E-state index contributed by atoms with van der Waals surface area (Å²) >= 11 is 0. The summed E-state index contributed by atoms with van der Waals surface area (Å²) in [7, 11) is 1.66. The van der Waals surface area contributed by atoms with E-state index in [9.17, 15) is 0 Å². The lowest BCUT2D eigenvalue weighted by atomic mass is 10.1. The lowest BCUT2D eigenvalue weighted by Gasteiger charge is -2.12. The van der Waals surface area contributed by atoms with E-state index in [1.807, 2.05) is 24.3 Å². The van der Waals surface area contributed by atoms with Gasteiger partial charge in [0.05, 0.1) is 13.3 Å². The Labute approximate surface area is 130 Å². The molecule has 1 aliphatic carbocycles. The first-order valence-electron chi connectivity index (χ1n) is 7.45. The molecule has 0 amide bonds. The number of benzene rings is 2. The molecule has 0 atom stereocenters. The molecule has 0 heterocycles. The molecule has 0 unspecified atom stereocenters. The van der Waals surface area contributed by atoms with Crippen molar-refractivity contribution in [1.82, 2.24) is 0 Å². The number of hydrogen-bond acceptors (Lipinski definition) is 4. The van der Waals surface area contributed by atoms with Crippen molar-refractivity contribution in [3.8, 4) is 11.5 Å². The third-order valence-corrected chi connectivity index (χ3v) is 3.99.